The number of methoxy groups -OCH3 is 4. The number of hydrogen-bond donors (Lipinski definition) is 0. The quantitative estimate of drug-likeness (QED) is 0.0584. The zero-order valence-electron chi connectivity index (χ0n) is 33.2. The maximum absolute atomic E-state index is 5.84. The molecule has 0 aliphatic rings. The first-order valence-electron chi connectivity index (χ1n) is 19.3. The van der Waals surface area contributed by atoms with Gasteiger partial charge in [-0.1, -0.05) is 107 Å². The Morgan fingerprint density at radius 3 is 1.26 bits per heavy atom. The summed E-state index contributed by atoms with van der Waals surface area (Å²) in [6.45, 7) is 1.84. The zero-order chi connectivity index (χ0) is 39.8. The molecule has 290 valence electrons. The van der Waals surface area contributed by atoms with Crippen molar-refractivity contribution in [2.75, 3.05) is 39.9 Å². The zero-order valence-corrected chi connectivity index (χ0v) is 34.8. The van der Waals surface area contributed by atoms with Crippen LogP contribution in [0.25, 0.3) is 67.7 Å². The number of benzene rings is 6. The molecule has 2 heterocycles. The minimum absolute atomic E-state index is 0.723. The first kappa shape index (κ1) is 38.9. The van der Waals surface area contributed by atoms with Gasteiger partial charge in [0.15, 0.2) is 48.5 Å². The van der Waals surface area contributed by atoms with E-state index in [1.807, 2.05) is 45.9 Å². The van der Waals surface area contributed by atoms with Crippen molar-refractivity contribution in [1.82, 2.24) is 0 Å². The second-order valence-corrected chi connectivity index (χ2v) is 16.5. The molecular formula is C50H46N2O4S2+2. The molecule has 0 saturated heterocycles. The minimum atomic E-state index is 0.723. The Balaban J connectivity index is 0.933. The van der Waals surface area contributed by atoms with E-state index in [-0.39, 0.29) is 0 Å². The van der Waals surface area contributed by atoms with Gasteiger partial charge in [0.05, 0.1) is 50.7 Å². The van der Waals surface area contributed by atoms with Gasteiger partial charge in [-0.3, -0.25) is 0 Å². The summed E-state index contributed by atoms with van der Waals surface area (Å²) in [6, 6.07) is 42.4. The first-order valence-corrected chi connectivity index (χ1v) is 21.8. The standard InChI is InChI=1S/C50H46N2O4S2/c1-53-47-33-37-13-5-7-15-39(37)43(49(47)55-3)23-21-35-25-27-51(45-19-11-9-17-41(35)45)29-31-57-58-32-30-52-28-26-36(42-18-10-12-20-46(42)52)22-24-44-40-16-8-6-14-38(40)34-48(54-2)50(44)56-4/h5-28,33-34H,29-32H2,1-4H3/q+2/b23-21+,24-22+. The third-order valence-corrected chi connectivity index (χ3v) is 12.9. The molecule has 0 amide bonds. The van der Waals surface area contributed by atoms with Crippen molar-refractivity contribution in [2.24, 2.45) is 0 Å². The molecule has 6 aromatic carbocycles. The molecule has 0 unspecified atom stereocenters. The van der Waals surface area contributed by atoms with Gasteiger partial charge in [0.2, 0.25) is 11.0 Å². The van der Waals surface area contributed by atoms with E-state index >= 15 is 0 Å². The Hall–Kier alpha value is -5.96. The van der Waals surface area contributed by atoms with Gasteiger partial charge in [0.25, 0.3) is 0 Å². The highest BCUT2D eigenvalue weighted by Gasteiger charge is 2.17. The topological polar surface area (TPSA) is 44.7 Å². The molecule has 58 heavy (non-hydrogen) atoms. The van der Waals surface area contributed by atoms with Crippen molar-refractivity contribution in [3.05, 3.63) is 156 Å². The maximum Gasteiger partial charge on any atom is 0.213 e. The van der Waals surface area contributed by atoms with E-state index in [4.69, 9.17) is 18.9 Å². The Kier molecular flexibility index (Phi) is 12.1. The molecule has 0 aliphatic heterocycles. The number of hydrogen-bond acceptors (Lipinski definition) is 6. The molecular weight excluding hydrogens is 757 g/mol. The van der Waals surface area contributed by atoms with Crippen molar-refractivity contribution in [3.8, 4) is 23.0 Å². The Bertz CT molecular complexity index is 2630. The maximum atomic E-state index is 5.84. The highest BCUT2D eigenvalue weighted by Crippen LogP contribution is 2.40. The van der Waals surface area contributed by atoms with E-state index < -0.39 is 0 Å². The fourth-order valence-corrected chi connectivity index (χ4v) is 9.68. The lowest BCUT2D eigenvalue weighted by Gasteiger charge is -2.14. The highest BCUT2D eigenvalue weighted by atomic mass is 33.1. The van der Waals surface area contributed by atoms with Crippen LogP contribution < -0.4 is 28.1 Å². The largest absolute Gasteiger partial charge is 0.493 e. The van der Waals surface area contributed by atoms with Crippen molar-refractivity contribution < 1.29 is 28.1 Å². The van der Waals surface area contributed by atoms with Gasteiger partial charge in [-0.15, -0.1) is 0 Å². The van der Waals surface area contributed by atoms with Gasteiger partial charge in [-0.2, -0.15) is 9.13 Å². The molecule has 0 radical (unpaired) electrons. The Morgan fingerprint density at radius 2 is 0.845 bits per heavy atom. The molecule has 8 aromatic rings. The minimum Gasteiger partial charge on any atom is -0.493 e. The number of pyridine rings is 2. The number of aryl methyl sites for hydroxylation is 2. The van der Waals surface area contributed by atoms with Crippen LogP contribution in [-0.2, 0) is 13.1 Å². The van der Waals surface area contributed by atoms with E-state index in [1.54, 1.807) is 28.4 Å². The monoisotopic (exact) mass is 802 g/mol. The van der Waals surface area contributed by atoms with Crippen LogP contribution in [0.1, 0.15) is 22.3 Å². The van der Waals surface area contributed by atoms with Gasteiger partial charge >= 0.3 is 0 Å². The molecule has 0 saturated carbocycles. The Labute approximate surface area is 347 Å². The van der Waals surface area contributed by atoms with Crippen LogP contribution >= 0.6 is 21.6 Å². The van der Waals surface area contributed by atoms with Gasteiger partial charge < -0.3 is 18.9 Å². The first-order chi connectivity index (χ1) is 28.6. The van der Waals surface area contributed by atoms with Crippen LogP contribution in [0.4, 0.5) is 0 Å². The number of para-hydroxylation sites is 2. The van der Waals surface area contributed by atoms with Crippen LogP contribution in [0.3, 0.4) is 0 Å². The van der Waals surface area contributed by atoms with Crippen molar-refractivity contribution in [2.45, 2.75) is 13.1 Å². The third kappa shape index (κ3) is 7.95. The third-order valence-electron chi connectivity index (χ3n) is 10.6. The van der Waals surface area contributed by atoms with E-state index in [9.17, 15) is 0 Å². The molecule has 0 spiro atoms. The molecule has 0 bridgehead atoms. The molecule has 0 atom stereocenters. The highest BCUT2D eigenvalue weighted by molar-refractivity contribution is 8.76. The molecule has 8 heteroatoms. The summed E-state index contributed by atoms with van der Waals surface area (Å²) in [5, 5.41) is 6.89. The lowest BCUT2D eigenvalue weighted by molar-refractivity contribution is -0.666. The number of rotatable bonds is 15. The van der Waals surface area contributed by atoms with Crippen LogP contribution in [0.5, 0.6) is 23.0 Å². The molecule has 0 fully saturated rings. The van der Waals surface area contributed by atoms with Crippen LogP contribution in [-0.4, -0.2) is 39.9 Å². The average molecular weight is 803 g/mol. The lowest BCUT2D eigenvalue weighted by Crippen LogP contribution is -2.36. The fraction of sp³-hybridized carbons (Fsp3) is 0.160. The molecule has 6 nitrogen and oxygen atoms in total. The van der Waals surface area contributed by atoms with Crippen LogP contribution in [0.15, 0.2) is 134 Å². The van der Waals surface area contributed by atoms with Crippen molar-refractivity contribution in [3.63, 3.8) is 0 Å². The van der Waals surface area contributed by atoms with E-state index in [0.29, 0.717) is 0 Å². The van der Waals surface area contributed by atoms with Gasteiger partial charge in [0, 0.05) is 35.4 Å². The summed E-state index contributed by atoms with van der Waals surface area (Å²) in [4.78, 5) is 0. The summed E-state index contributed by atoms with van der Waals surface area (Å²) in [6.07, 6.45) is 13.1. The summed E-state index contributed by atoms with van der Waals surface area (Å²) < 4.78 is 27.8. The molecule has 8 rings (SSSR count). The summed E-state index contributed by atoms with van der Waals surface area (Å²) in [5.41, 5.74) is 6.75. The molecule has 0 N–H and O–H groups in total. The van der Waals surface area contributed by atoms with Crippen LogP contribution in [0, 0.1) is 0 Å². The van der Waals surface area contributed by atoms with E-state index in [2.05, 4.69) is 143 Å². The predicted molar refractivity (Wildman–Crippen MR) is 245 cm³/mol. The summed E-state index contributed by atoms with van der Waals surface area (Å²) in [7, 11) is 10.6. The second kappa shape index (κ2) is 18.1. The number of aromatic nitrogens is 2. The SMILES string of the molecule is COc1cc2ccccc2c(/C=C/c2cc[n+](CCSSCC[n+]3ccc(/C=C/c4c(OC)c(OC)cc5ccccc45)c4ccccc43)c3ccccc23)c1OC. The summed E-state index contributed by atoms with van der Waals surface area (Å²) in [5.74, 6) is 4.92. The molecule has 0 aliphatic carbocycles. The average Bonchev–Trinajstić information content (AvgIpc) is 3.28. The molecule has 2 aromatic heterocycles. The lowest BCUT2D eigenvalue weighted by atomic mass is 10.0. The smallest absolute Gasteiger partial charge is 0.213 e. The van der Waals surface area contributed by atoms with Crippen LogP contribution in [0.2, 0.25) is 0 Å². The number of ether oxygens (including phenoxy) is 4. The predicted octanol–water partition coefficient (Wildman–Crippen LogP) is 11.3. The Morgan fingerprint density at radius 1 is 0.448 bits per heavy atom. The van der Waals surface area contributed by atoms with E-state index in [0.717, 1.165) is 91.4 Å². The number of nitrogens with zero attached hydrogens (tertiary/aromatic N) is 2. The summed E-state index contributed by atoms with van der Waals surface area (Å²) >= 11 is 0. The van der Waals surface area contributed by atoms with Gasteiger partial charge in [-0.25, -0.2) is 0 Å². The van der Waals surface area contributed by atoms with E-state index in [1.165, 1.54) is 21.8 Å². The van der Waals surface area contributed by atoms with Gasteiger partial charge in [-0.05, 0) is 69.1 Å². The normalized spacial score (nSPS) is 11.7. The number of fused-ring (bicyclic) bond motifs is 4. The van der Waals surface area contributed by atoms with Gasteiger partial charge in [0.1, 0.15) is 0 Å². The van der Waals surface area contributed by atoms with Crippen molar-refractivity contribution >= 4 is 89.2 Å². The van der Waals surface area contributed by atoms with Crippen molar-refractivity contribution in [1.29, 1.82) is 0 Å². The second-order valence-electron chi connectivity index (χ2n) is 13.8. The fourth-order valence-electron chi connectivity index (χ4n) is 7.75.